The molecule has 0 aromatic rings. The van der Waals surface area contributed by atoms with Crippen molar-refractivity contribution >= 4 is 17.7 Å². The van der Waals surface area contributed by atoms with Gasteiger partial charge in [-0.2, -0.15) is 11.8 Å². The third kappa shape index (κ3) is 4.59. The fourth-order valence-corrected chi connectivity index (χ4v) is 2.75. The molecule has 84 valence electrons. The molecule has 0 spiro atoms. The molecule has 0 aromatic heterocycles. The van der Waals surface area contributed by atoms with Crippen molar-refractivity contribution in [2.75, 3.05) is 18.1 Å². The van der Waals surface area contributed by atoms with Crippen LogP contribution in [0.2, 0.25) is 0 Å². The first kappa shape index (κ1) is 12.4. The quantitative estimate of drug-likeness (QED) is 0.690. The van der Waals surface area contributed by atoms with Gasteiger partial charge in [-0.05, 0) is 30.3 Å². The van der Waals surface area contributed by atoms with Crippen molar-refractivity contribution in [3.05, 3.63) is 0 Å². The SMILES string of the molecule is C#CCC(N)C(=O)NCC1CCSCC1. The number of nitrogens with two attached hydrogens (primary N) is 1. The van der Waals surface area contributed by atoms with E-state index in [1.807, 2.05) is 11.8 Å². The van der Waals surface area contributed by atoms with Crippen molar-refractivity contribution < 1.29 is 4.79 Å². The highest BCUT2D eigenvalue weighted by atomic mass is 32.2. The van der Waals surface area contributed by atoms with Gasteiger partial charge in [-0.15, -0.1) is 12.3 Å². The first-order valence-electron chi connectivity index (χ1n) is 5.28. The zero-order valence-electron chi connectivity index (χ0n) is 8.87. The maximum Gasteiger partial charge on any atom is 0.237 e. The van der Waals surface area contributed by atoms with Crippen LogP contribution in [0.25, 0.3) is 0 Å². The number of rotatable bonds is 4. The van der Waals surface area contributed by atoms with Crippen LogP contribution in [0, 0.1) is 18.3 Å². The van der Waals surface area contributed by atoms with E-state index in [2.05, 4.69) is 11.2 Å². The number of amides is 1. The molecule has 0 aliphatic carbocycles. The first-order valence-corrected chi connectivity index (χ1v) is 6.44. The second-order valence-corrected chi connectivity index (χ2v) is 5.04. The highest BCUT2D eigenvalue weighted by Gasteiger charge is 2.16. The fourth-order valence-electron chi connectivity index (χ4n) is 1.55. The van der Waals surface area contributed by atoms with E-state index in [4.69, 9.17) is 12.2 Å². The summed E-state index contributed by atoms with van der Waals surface area (Å²) in [4.78, 5) is 11.4. The van der Waals surface area contributed by atoms with Crippen molar-refractivity contribution in [2.24, 2.45) is 11.7 Å². The summed E-state index contributed by atoms with van der Waals surface area (Å²) >= 11 is 1.98. The lowest BCUT2D eigenvalue weighted by Gasteiger charge is -2.22. The summed E-state index contributed by atoms with van der Waals surface area (Å²) in [5.74, 6) is 5.31. The van der Waals surface area contributed by atoms with Gasteiger partial charge >= 0.3 is 0 Å². The molecular weight excluding hydrogens is 208 g/mol. The van der Waals surface area contributed by atoms with Crippen molar-refractivity contribution in [3.8, 4) is 12.3 Å². The van der Waals surface area contributed by atoms with Crippen LogP contribution in [0.3, 0.4) is 0 Å². The highest BCUT2D eigenvalue weighted by Crippen LogP contribution is 2.21. The van der Waals surface area contributed by atoms with E-state index < -0.39 is 6.04 Å². The minimum Gasteiger partial charge on any atom is -0.354 e. The minimum absolute atomic E-state index is 0.119. The van der Waals surface area contributed by atoms with Crippen molar-refractivity contribution in [1.82, 2.24) is 5.32 Å². The molecule has 3 N–H and O–H groups in total. The molecule has 0 bridgehead atoms. The van der Waals surface area contributed by atoms with E-state index in [9.17, 15) is 4.79 Å². The second-order valence-electron chi connectivity index (χ2n) is 3.82. The Morgan fingerprint density at radius 3 is 2.87 bits per heavy atom. The molecule has 1 aliphatic rings. The first-order chi connectivity index (χ1) is 7.24. The summed E-state index contributed by atoms with van der Waals surface area (Å²) in [5, 5.41) is 2.87. The lowest BCUT2D eigenvalue weighted by molar-refractivity contribution is -0.122. The van der Waals surface area contributed by atoms with Gasteiger partial charge in [0.15, 0.2) is 0 Å². The van der Waals surface area contributed by atoms with E-state index in [0.29, 0.717) is 12.3 Å². The smallest absolute Gasteiger partial charge is 0.237 e. The molecule has 0 aromatic carbocycles. The molecule has 4 heteroatoms. The molecule has 15 heavy (non-hydrogen) atoms. The molecular formula is C11H18N2OS. The molecule has 1 heterocycles. The van der Waals surface area contributed by atoms with Gasteiger partial charge in [-0.25, -0.2) is 0 Å². The van der Waals surface area contributed by atoms with Crippen LogP contribution in [-0.4, -0.2) is 30.0 Å². The Hall–Kier alpha value is -0.660. The van der Waals surface area contributed by atoms with Crippen LogP contribution in [0.5, 0.6) is 0 Å². The van der Waals surface area contributed by atoms with Gasteiger partial charge < -0.3 is 11.1 Å². The normalized spacial score (nSPS) is 19.2. The average Bonchev–Trinajstić information content (AvgIpc) is 2.27. The average molecular weight is 226 g/mol. The Kier molecular flexibility index (Phi) is 5.59. The number of nitrogens with one attached hydrogen (secondary N) is 1. The number of carbonyl (C=O) groups excluding carboxylic acids is 1. The Morgan fingerprint density at radius 1 is 1.60 bits per heavy atom. The van der Waals surface area contributed by atoms with Gasteiger partial charge in [-0.3, -0.25) is 4.79 Å². The van der Waals surface area contributed by atoms with Crippen molar-refractivity contribution in [1.29, 1.82) is 0 Å². The molecule has 1 aliphatic heterocycles. The number of terminal acetylenes is 1. The van der Waals surface area contributed by atoms with E-state index in [1.165, 1.54) is 24.3 Å². The molecule has 0 saturated carbocycles. The van der Waals surface area contributed by atoms with Crippen LogP contribution in [0.4, 0.5) is 0 Å². The van der Waals surface area contributed by atoms with Gasteiger partial charge in [-0.1, -0.05) is 0 Å². The molecule has 1 atom stereocenters. The molecule has 3 nitrogen and oxygen atoms in total. The van der Waals surface area contributed by atoms with Gasteiger partial charge in [0, 0.05) is 13.0 Å². The molecule has 1 fully saturated rings. The van der Waals surface area contributed by atoms with Gasteiger partial charge in [0.25, 0.3) is 0 Å². The minimum atomic E-state index is -0.548. The summed E-state index contributed by atoms with van der Waals surface area (Å²) in [6, 6.07) is -0.548. The maximum absolute atomic E-state index is 11.4. The number of thioether (sulfide) groups is 1. The summed E-state index contributed by atoms with van der Waals surface area (Å²) < 4.78 is 0. The van der Waals surface area contributed by atoms with Crippen LogP contribution >= 0.6 is 11.8 Å². The van der Waals surface area contributed by atoms with Crippen LogP contribution in [0.15, 0.2) is 0 Å². The largest absolute Gasteiger partial charge is 0.354 e. The topological polar surface area (TPSA) is 55.1 Å². The summed E-state index contributed by atoms with van der Waals surface area (Å²) in [5.41, 5.74) is 5.58. The van der Waals surface area contributed by atoms with Crippen LogP contribution in [0.1, 0.15) is 19.3 Å². The molecule has 1 rings (SSSR count). The van der Waals surface area contributed by atoms with Gasteiger partial charge in [0.2, 0.25) is 5.91 Å². The van der Waals surface area contributed by atoms with Crippen molar-refractivity contribution in [2.45, 2.75) is 25.3 Å². The Labute approximate surface area is 95.6 Å². The van der Waals surface area contributed by atoms with E-state index in [-0.39, 0.29) is 5.91 Å². The predicted octanol–water partition coefficient (Wildman–Crippen LogP) is 0.596. The Bertz CT molecular complexity index is 243. The summed E-state index contributed by atoms with van der Waals surface area (Å²) in [6.45, 7) is 0.748. The van der Waals surface area contributed by atoms with E-state index in [0.717, 1.165) is 6.54 Å². The number of carbonyl (C=O) groups is 1. The summed E-state index contributed by atoms with van der Waals surface area (Å²) in [7, 11) is 0. The van der Waals surface area contributed by atoms with Crippen molar-refractivity contribution in [3.63, 3.8) is 0 Å². The summed E-state index contributed by atoms with van der Waals surface area (Å²) in [6.07, 6.45) is 7.78. The fraction of sp³-hybridized carbons (Fsp3) is 0.727. The Balaban J connectivity index is 2.18. The lowest BCUT2D eigenvalue weighted by atomic mass is 10.0. The molecule has 1 unspecified atom stereocenters. The zero-order chi connectivity index (χ0) is 11.1. The highest BCUT2D eigenvalue weighted by molar-refractivity contribution is 7.99. The van der Waals surface area contributed by atoms with Crippen LogP contribution < -0.4 is 11.1 Å². The maximum atomic E-state index is 11.4. The molecule has 0 radical (unpaired) electrons. The Morgan fingerprint density at radius 2 is 2.27 bits per heavy atom. The lowest BCUT2D eigenvalue weighted by Crippen LogP contribution is -2.42. The molecule has 1 saturated heterocycles. The van der Waals surface area contributed by atoms with Gasteiger partial charge in [0.05, 0.1) is 6.04 Å². The number of hydrogen-bond acceptors (Lipinski definition) is 3. The third-order valence-electron chi connectivity index (χ3n) is 2.58. The number of hydrogen-bond donors (Lipinski definition) is 2. The molecule has 1 amide bonds. The van der Waals surface area contributed by atoms with E-state index >= 15 is 0 Å². The monoisotopic (exact) mass is 226 g/mol. The zero-order valence-corrected chi connectivity index (χ0v) is 9.69. The van der Waals surface area contributed by atoms with Crippen LogP contribution in [-0.2, 0) is 4.79 Å². The van der Waals surface area contributed by atoms with E-state index in [1.54, 1.807) is 0 Å². The third-order valence-corrected chi connectivity index (χ3v) is 3.63. The second kappa shape index (κ2) is 6.76. The van der Waals surface area contributed by atoms with Gasteiger partial charge in [0.1, 0.15) is 0 Å². The standard InChI is InChI=1S/C11H18N2OS/c1-2-3-10(12)11(14)13-8-9-4-6-15-7-5-9/h1,9-10H,3-8,12H2,(H,13,14). The predicted molar refractivity (Wildman–Crippen MR) is 64.5 cm³/mol.